The highest BCUT2D eigenvalue weighted by Gasteiger charge is 2.54. The minimum Gasteiger partial charge on any atom is -0.384 e. The first-order chi connectivity index (χ1) is 11.3. The quantitative estimate of drug-likeness (QED) is 0.690. The molecule has 134 valence electrons. The first-order valence-electron chi connectivity index (χ1n) is 8.08. The van der Waals surface area contributed by atoms with E-state index in [4.69, 9.17) is 13.7 Å². The van der Waals surface area contributed by atoms with Gasteiger partial charge in [0.15, 0.2) is 12.4 Å². The Labute approximate surface area is 142 Å². The Balaban J connectivity index is 1.81. The number of nitrogens with two attached hydrogens (primary N) is 1. The van der Waals surface area contributed by atoms with Gasteiger partial charge in [-0.2, -0.15) is 8.42 Å². The van der Waals surface area contributed by atoms with E-state index in [0.717, 1.165) is 5.56 Å². The lowest BCUT2D eigenvalue weighted by Crippen LogP contribution is -2.99. The second-order valence-corrected chi connectivity index (χ2v) is 8.28. The largest absolute Gasteiger partial charge is 0.384 e. The molecule has 7 nitrogen and oxygen atoms in total. The van der Waals surface area contributed by atoms with Crippen LogP contribution in [0.5, 0.6) is 0 Å². The van der Waals surface area contributed by atoms with Gasteiger partial charge < -0.3 is 19.9 Å². The number of aliphatic hydroxyl groups is 1. The second-order valence-electron chi connectivity index (χ2n) is 6.71. The van der Waals surface area contributed by atoms with Gasteiger partial charge in [0.2, 0.25) is 0 Å². The zero-order valence-electron chi connectivity index (χ0n) is 14.0. The number of hydrogen-bond acceptors (Lipinski definition) is 6. The maximum Gasteiger partial charge on any atom is 0.297 e. The van der Waals surface area contributed by atoms with E-state index in [-0.39, 0.29) is 23.1 Å². The van der Waals surface area contributed by atoms with Crippen molar-refractivity contribution in [2.45, 2.75) is 62.4 Å². The summed E-state index contributed by atoms with van der Waals surface area (Å²) in [5, 5.41) is 12.6. The van der Waals surface area contributed by atoms with E-state index in [9.17, 15) is 13.5 Å². The fourth-order valence-corrected chi connectivity index (χ4v) is 4.18. The Bertz CT molecular complexity index is 674. The van der Waals surface area contributed by atoms with Gasteiger partial charge in [-0.15, -0.1) is 0 Å². The fraction of sp³-hybridized carbons (Fsp3) is 0.625. The van der Waals surface area contributed by atoms with Crippen LogP contribution in [0.4, 0.5) is 0 Å². The van der Waals surface area contributed by atoms with Crippen molar-refractivity contribution in [3.8, 4) is 0 Å². The molecule has 24 heavy (non-hydrogen) atoms. The number of aliphatic hydroxyl groups excluding tert-OH is 1. The van der Waals surface area contributed by atoms with Crippen LogP contribution in [0.25, 0.3) is 0 Å². The van der Waals surface area contributed by atoms with Crippen molar-refractivity contribution in [1.82, 2.24) is 0 Å². The van der Waals surface area contributed by atoms with Gasteiger partial charge in [0.25, 0.3) is 10.1 Å². The van der Waals surface area contributed by atoms with Crippen LogP contribution in [0, 0.1) is 6.92 Å². The minimum absolute atomic E-state index is 0.0461. The average Bonchev–Trinajstić information content (AvgIpc) is 2.95. The van der Waals surface area contributed by atoms with Gasteiger partial charge in [0, 0.05) is 0 Å². The number of rotatable bonds is 5. The van der Waals surface area contributed by atoms with E-state index in [2.05, 4.69) is 0 Å². The van der Waals surface area contributed by atoms with Crippen LogP contribution < -0.4 is 5.32 Å². The Morgan fingerprint density at radius 1 is 1.29 bits per heavy atom. The number of aryl methyl sites for hydroxylation is 1. The summed E-state index contributed by atoms with van der Waals surface area (Å²) in [4.78, 5) is 0.0461. The van der Waals surface area contributed by atoms with Gasteiger partial charge in [-0.1, -0.05) is 17.7 Å². The number of ether oxygens (including phenoxy) is 2. The third-order valence-electron chi connectivity index (χ3n) is 4.32. The summed E-state index contributed by atoms with van der Waals surface area (Å²) in [6.45, 7) is 6.18. The molecule has 3 N–H and O–H groups in total. The highest BCUT2D eigenvalue weighted by atomic mass is 32.2. The van der Waals surface area contributed by atoms with Gasteiger partial charge in [-0.25, -0.2) is 0 Å². The minimum atomic E-state index is -4.02. The molecule has 2 fully saturated rings. The van der Waals surface area contributed by atoms with Gasteiger partial charge in [-0.3, -0.25) is 4.18 Å². The van der Waals surface area contributed by atoms with Gasteiger partial charge in [0.05, 0.1) is 17.5 Å². The van der Waals surface area contributed by atoms with Crippen LogP contribution >= 0.6 is 0 Å². The average molecular weight is 358 g/mol. The SMILES string of the molecule is Cc1ccc(S(=O)(=O)O[C@@H]2[C@@H]3OC[C@@H](O3)[C@@H]([NH2+]C(C)C)[C@H]2O)cc1. The van der Waals surface area contributed by atoms with Crippen molar-refractivity contribution in [3.63, 3.8) is 0 Å². The van der Waals surface area contributed by atoms with Gasteiger partial charge in [-0.05, 0) is 32.9 Å². The second kappa shape index (κ2) is 6.70. The van der Waals surface area contributed by atoms with Crippen molar-refractivity contribution >= 4 is 10.1 Å². The predicted molar refractivity (Wildman–Crippen MR) is 84.7 cm³/mol. The van der Waals surface area contributed by atoms with E-state index < -0.39 is 28.6 Å². The number of hydrogen-bond donors (Lipinski definition) is 2. The third-order valence-corrected chi connectivity index (χ3v) is 5.64. The maximum absolute atomic E-state index is 12.5. The van der Waals surface area contributed by atoms with Gasteiger partial charge in [0.1, 0.15) is 18.2 Å². The van der Waals surface area contributed by atoms with Crippen molar-refractivity contribution < 1.29 is 32.5 Å². The highest BCUT2D eigenvalue weighted by Crippen LogP contribution is 2.31. The van der Waals surface area contributed by atoms with Crippen LogP contribution in [0.15, 0.2) is 29.2 Å². The highest BCUT2D eigenvalue weighted by molar-refractivity contribution is 7.86. The summed E-state index contributed by atoms with van der Waals surface area (Å²) >= 11 is 0. The van der Waals surface area contributed by atoms with E-state index >= 15 is 0 Å². The summed E-state index contributed by atoms with van der Waals surface area (Å²) in [6.07, 6.45) is -3.23. The Morgan fingerprint density at radius 3 is 2.58 bits per heavy atom. The molecule has 2 aliphatic rings. The molecule has 0 spiro atoms. The van der Waals surface area contributed by atoms with Crippen LogP contribution in [0.3, 0.4) is 0 Å². The Hall–Kier alpha value is -1.03. The molecule has 1 aromatic carbocycles. The standard InChI is InChI=1S/C16H23NO6S/c1-9(2)17-13-12-8-21-16(22-12)15(14(13)18)23-24(19,20)11-6-4-10(3)5-7-11/h4-7,9,12-18H,8H2,1-3H3/p+1/t12-,13-,14-,15+,16-/m1/s1. The summed E-state index contributed by atoms with van der Waals surface area (Å²) in [5.41, 5.74) is 0.948. The normalized spacial score (nSPS) is 33.1. The summed E-state index contributed by atoms with van der Waals surface area (Å²) in [5.74, 6) is 0. The summed E-state index contributed by atoms with van der Waals surface area (Å²) in [7, 11) is -4.02. The summed E-state index contributed by atoms with van der Waals surface area (Å²) < 4.78 is 41.5. The van der Waals surface area contributed by atoms with Crippen molar-refractivity contribution in [2.24, 2.45) is 0 Å². The molecule has 3 rings (SSSR count). The molecule has 2 aliphatic heterocycles. The van der Waals surface area contributed by atoms with E-state index in [0.29, 0.717) is 6.61 Å². The van der Waals surface area contributed by atoms with Gasteiger partial charge >= 0.3 is 0 Å². The molecule has 1 aromatic rings. The molecule has 2 heterocycles. The predicted octanol–water partition coefficient (Wildman–Crippen LogP) is -0.475. The number of quaternary nitrogens is 1. The zero-order valence-corrected chi connectivity index (χ0v) is 14.8. The molecule has 2 saturated heterocycles. The maximum atomic E-state index is 12.5. The van der Waals surface area contributed by atoms with Crippen molar-refractivity contribution in [2.75, 3.05) is 6.61 Å². The number of fused-ring (bicyclic) bond motifs is 2. The van der Waals surface area contributed by atoms with Crippen LogP contribution in [-0.2, 0) is 23.8 Å². The molecule has 2 bridgehead atoms. The lowest BCUT2D eigenvalue weighted by molar-refractivity contribution is -0.732. The van der Waals surface area contributed by atoms with Crippen LogP contribution in [-0.4, -0.2) is 56.8 Å². The van der Waals surface area contributed by atoms with E-state index in [1.807, 2.05) is 26.1 Å². The molecular formula is C16H24NO6S+. The van der Waals surface area contributed by atoms with Crippen molar-refractivity contribution in [1.29, 1.82) is 0 Å². The lowest BCUT2D eigenvalue weighted by atomic mass is 9.97. The third kappa shape index (κ3) is 3.49. The smallest absolute Gasteiger partial charge is 0.297 e. The number of benzene rings is 1. The molecular weight excluding hydrogens is 334 g/mol. The topological polar surface area (TPSA) is 98.7 Å². The first-order valence-corrected chi connectivity index (χ1v) is 9.49. The molecule has 5 atom stereocenters. The lowest BCUT2D eigenvalue weighted by Gasteiger charge is -2.36. The monoisotopic (exact) mass is 358 g/mol. The molecule has 0 aliphatic carbocycles. The first kappa shape index (κ1) is 17.8. The molecule has 0 amide bonds. The Morgan fingerprint density at radius 2 is 1.96 bits per heavy atom. The van der Waals surface area contributed by atoms with E-state index in [1.165, 1.54) is 12.1 Å². The molecule has 0 radical (unpaired) electrons. The van der Waals surface area contributed by atoms with Crippen LogP contribution in [0.2, 0.25) is 0 Å². The summed E-state index contributed by atoms with van der Waals surface area (Å²) in [6, 6.07) is 6.25. The van der Waals surface area contributed by atoms with Crippen LogP contribution in [0.1, 0.15) is 19.4 Å². The Kier molecular flexibility index (Phi) is 4.96. The zero-order chi connectivity index (χ0) is 17.5. The molecule has 0 unspecified atom stereocenters. The fourth-order valence-electron chi connectivity index (χ4n) is 3.11. The van der Waals surface area contributed by atoms with E-state index in [1.54, 1.807) is 12.1 Å². The molecule has 0 aromatic heterocycles. The molecule has 0 saturated carbocycles. The molecule has 8 heteroatoms. The van der Waals surface area contributed by atoms with Crippen molar-refractivity contribution in [3.05, 3.63) is 29.8 Å².